The highest BCUT2D eigenvalue weighted by Crippen LogP contribution is 2.08. The molecule has 1 aliphatic heterocycles. The number of hydrogen-bond acceptors (Lipinski definition) is 5. The van der Waals surface area contributed by atoms with Crippen molar-refractivity contribution < 1.29 is 4.74 Å². The van der Waals surface area contributed by atoms with Crippen LogP contribution in [0.25, 0.3) is 0 Å². The Morgan fingerprint density at radius 3 is 2.67 bits per heavy atom. The van der Waals surface area contributed by atoms with Crippen molar-refractivity contribution in [1.82, 2.24) is 14.9 Å². The van der Waals surface area contributed by atoms with Gasteiger partial charge in [0.15, 0.2) is 5.96 Å². The molecule has 0 radical (unpaired) electrons. The van der Waals surface area contributed by atoms with Crippen LogP contribution in [-0.4, -0.2) is 61.2 Å². The second-order valence-corrected chi connectivity index (χ2v) is 4.97. The number of hydrogen-bond donors (Lipinski definition) is 1. The van der Waals surface area contributed by atoms with Crippen molar-refractivity contribution in [3.8, 4) is 0 Å². The van der Waals surface area contributed by atoms with Gasteiger partial charge in [-0.3, -0.25) is 0 Å². The van der Waals surface area contributed by atoms with E-state index in [1.807, 2.05) is 36.9 Å². The van der Waals surface area contributed by atoms with Gasteiger partial charge in [0.1, 0.15) is 0 Å². The summed E-state index contributed by atoms with van der Waals surface area (Å²) < 4.78 is 5.29. The lowest BCUT2D eigenvalue weighted by Crippen LogP contribution is -2.44. The zero-order valence-electron chi connectivity index (χ0n) is 12.7. The summed E-state index contributed by atoms with van der Waals surface area (Å²) in [7, 11) is 3.84. The van der Waals surface area contributed by atoms with Crippen LogP contribution in [0.4, 0.5) is 5.95 Å². The first-order valence-corrected chi connectivity index (χ1v) is 6.71. The van der Waals surface area contributed by atoms with Crippen LogP contribution in [0.1, 0.15) is 11.4 Å². The number of aryl methyl sites for hydroxylation is 1. The standard InChI is InChI=1S/C13H22N6O.HI/c1-10-8-11(17-13(16-10)18(2)3)9-15-12(14)19-4-6-20-7-5-19;/h8H,4-7,9H2,1-3H3,(H2,14,15);1H. The van der Waals surface area contributed by atoms with Gasteiger partial charge in [-0.15, -0.1) is 24.0 Å². The van der Waals surface area contributed by atoms with Crippen LogP contribution in [0.5, 0.6) is 0 Å². The zero-order chi connectivity index (χ0) is 14.5. The number of ether oxygens (including phenoxy) is 1. The third-order valence-electron chi connectivity index (χ3n) is 3.03. The number of anilines is 1. The molecule has 0 saturated carbocycles. The van der Waals surface area contributed by atoms with Crippen molar-refractivity contribution in [2.45, 2.75) is 13.5 Å². The maximum atomic E-state index is 6.00. The molecule has 0 amide bonds. The van der Waals surface area contributed by atoms with Gasteiger partial charge in [0.25, 0.3) is 0 Å². The molecule has 1 fully saturated rings. The number of nitrogens with zero attached hydrogens (tertiary/aromatic N) is 5. The average Bonchev–Trinajstić information content (AvgIpc) is 2.45. The van der Waals surface area contributed by atoms with Gasteiger partial charge >= 0.3 is 0 Å². The molecule has 7 nitrogen and oxygen atoms in total. The smallest absolute Gasteiger partial charge is 0.225 e. The van der Waals surface area contributed by atoms with Crippen LogP contribution < -0.4 is 10.6 Å². The molecule has 2 rings (SSSR count). The quantitative estimate of drug-likeness (QED) is 0.451. The predicted octanol–water partition coefficient (Wildman–Crippen LogP) is 0.616. The largest absolute Gasteiger partial charge is 0.378 e. The molecule has 118 valence electrons. The summed E-state index contributed by atoms with van der Waals surface area (Å²) in [5.74, 6) is 1.25. The second kappa shape index (κ2) is 8.32. The van der Waals surface area contributed by atoms with E-state index in [1.54, 1.807) is 0 Å². The lowest BCUT2D eigenvalue weighted by atomic mass is 10.3. The van der Waals surface area contributed by atoms with Gasteiger partial charge in [-0.05, 0) is 13.0 Å². The van der Waals surface area contributed by atoms with Crippen molar-refractivity contribution >= 4 is 35.9 Å². The average molecular weight is 406 g/mol. The van der Waals surface area contributed by atoms with Crippen molar-refractivity contribution in [3.63, 3.8) is 0 Å². The Kier molecular flexibility index (Phi) is 7.09. The van der Waals surface area contributed by atoms with Gasteiger partial charge in [0, 0.05) is 32.9 Å². The minimum Gasteiger partial charge on any atom is -0.378 e. The van der Waals surface area contributed by atoms with E-state index in [4.69, 9.17) is 10.5 Å². The van der Waals surface area contributed by atoms with E-state index >= 15 is 0 Å². The van der Waals surface area contributed by atoms with Gasteiger partial charge in [-0.1, -0.05) is 0 Å². The van der Waals surface area contributed by atoms with Gasteiger partial charge in [-0.25, -0.2) is 15.0 Å². The zero-order valence-corrected chi connectivity index (χ0v) is 15.1. The van der Waals surface area contributed by atoms with Crippen LogP contribution in [0.2, 0.25) is 0 Å². The lowest BCUT2D eigenvalue weighted by molar-refractivity contribution is 0.0674. The van der Waals surface area contributed by atoms with Crippen molar-refractivity contribution in [1.29, 1.82) is 0 Å². The molecule has 0 atom stereocenters. The molecule has 0 unspecified atom stereocenters. The predicted molar refractivity (Wildman–Crippen MR) is 94.2 cm³/mol. The SMILES string of the molecule is Cc1cc(CN=C(N)N2CCOCC2)nc(N(C)C)n1.I. The van der Waals surface area contributed by atoms with E-state index in [2.05, 4.69) is 15.0 Å². The van der Waals surface area contributed by atoms with Crippen LogP contribution in [0, 0.1) is 6.92 Å². The van der Waals surface area contributed by atoms with Crippen LogP contribution in [0.3, 0.4) is 0 Å². The molecule has 2 N–H and O–H groups in total. The molecule has 1 aliphatic rings. The minimum absolute atomic E-state index is 0. The fourth-order valence-corrected chi connectivity index (χ4v) is 1.95. The maximum Gasteiger partial charge on any atom is 0.225 e. The lowest BCUT2D eigenvalue weighted by Gasteiger charge is -2.27. The van der Waals surface area contributed by atoms with E-state index in [0.717, 1.165) is 24.5 Å². The Labute approximate surface area is 142 Å². The molecule has 0 bridgehead atoms. The second-order valence-electron chi connectivity index (χ2n) is 4.97. The Morgan fingerprint density at radius 2 is 2.05 bits per heavy atom. The maximum absolute atomic E-state index is 6.00. The molecule has 1 saturated heterocycles. The van der Waals surface area contributed by atoms with E-state index in [0.29, 0.717) is 31.7 Å². The van der Waals surface area contributed by atoms with E-state index < -0.39 is 0 Å². The molecule has 0 spiro atoms. The van der Waals surface area contributed by atoms with E-state index in [9.17, 15) is 0 Å². The molecular weight excluding hydrogens is 383 g/mol. The summed E-state index contributed by atoms with van der Waals surface area (Å²) in [5.41, 5.74) is 7.80. The van der Waals surface area contributed by atoms with Crippen LogP contribution in [0.15, 0.2) is 11.1 Å². The van der Waals surface area contributed by atoms with Gasteiger partial charge < -0.3 is 20.3 Å². The highest BCUT2D eigenvalue weighted by Gasteiger charge is 2.12. The fourth-order valence-electron chi connectivity index (χ4n) is 1.95. The van der Waals surface area contributed by atoms with Crippen molar-refractivity contribution in [3.05, 3.63) is 17.5 Å². The number of aliphatic imine (C=N–C) groups is 1. The van der Waals surface area contributed by atoms with Crippen molar-refractivity contribution in [2.24, 2.45) is 10.7 Å². The molecule has 1 aromatic rings. The molecule has 21 heavy (non-hydrogen) atoms. The summed E-state index contributed by atoms with van der Waals surface area (Å²) in [4.78, 5) is 17.1. The normalized spacial score (nSPS) is 15.6. The summed E-state index contributed by atoms with van der Waals surface area (Å²) in [5, 5.41) is 0. The summed E-state index contributed by atoms with van der Waals surface area (Å²) in [6.07, 6.45) is 0. The summed E-state index contributed by atoms with van der Waals surface area (Å²) in [6, 6.07) is 1.93. The molecule has 8 heteroatoms. The summed E-state index contributed by atoms with van der Waals surface area (Å²) >= 11 is 0. The van der Waals surface area contributed by atoms with E-state index in [1.165, 1.54) is 0 Å². The third-order valence-corrected chi connectivity index (χ3v) is 3.03. The van der Waals surface area contributed by atoms with E-state index in [-0.39, 0.29) is 24.0 Å². The third kappa shape index (κ3) is 5.27. The number of rotatable bonds is 3. The Hall–Kier alpha value is -1.16. The van der Waals surface area contributed by atoms with Crippen LogP contribution >= 0.6 is 24.0 Å². The number of guanidine groups is 1. The first kappa shape index (κ1) is 17.9. The number of aromatic nitrogens is 2. The number of nitrogens with two attached hydrogens (primary N) is 1. The fraction of sp³-hybridized carbons (Fsp3) is 0.615. The molecule has 1 aromatic heterocycles. The molecule has 2 heterocycles. The minimum atomic E-state index is 0. The molecular formula is C13H23IN6O. The monoisotopic (exact) mass is 406 g/mol. The topological polar surface area (TPSA) is 79.9 Å². The highest BCUT2D eigenvalue weighted by atomic mass is 127. The van der Waals surface area contributed by atoms with Gasteiger partial charge in [0.05, 0.1) is 25.5 Å². The summed E-state index contributed by atoms with van der Waals surface area (Å²) in [6.45, 7) is 5.41. The molecule has 0 aromatic carbocycles. The Morgan fingerprint density at radius 1 is 1.38 bits per heavy atom. The highest BCUT2D eigenvalue weighted by molar-refractivity contribution is 14.0. The Bertz CT molecular complexity index is 488. The Balaban J connectivity index is 0.00000220. The first-order valence-electron chi connectivity index (χ1n) is 6.71. The van der Waals surface area contributed by atoms with Crippen molar-refractivity contribution in [2.75, 3.05) is 45.3 Å². The van der Waals surface area contributed by atoms with Gasteiger partial charge in [0.2, 0.25) is 5.95 Å². The van der Waals surface area contributed by atoms with Gasteiger partial charge in [-0.2, -0.15) is 0 Å². The first-order chi connectivity index (χ1) is 9.56. The molecule has 0 aliphatic carbocycles. The number of halogens is 1. The number of morpholine rings is 1. The van der Waals surface area contributed by atoms with Crippen LogP contribution in [-0.2, 0) is 11.3 Å².